The van der Waals surface area contributed by atoms with Crippen LogP contribution in [0, 0.1) is 0 Å². The molecule has 0 aliphatic carbocycles. The smallest absolute Gasteiger partial charge is 0.260 e. The maximum absolute atomic E-state index is 12.5. The van der Waals surface area contributed by atoms with Gasteiger partial charge >= 0.3 is 0 Å². The molecule has 0 unspecified atom stereocenters. The van der Waals surface area contributed by atoms with E-state index < -0.39 is 0 Å². The highest BCUT2D eigenvalue weighted by molar-refractivity contribution is 6.34. The molecule has 0 atom stereocenters. The van der Waals surface area contributed by atoms with E-state index in [1.54, 1.807) is 18.2 Å². The first-order valence-corrected chi connectivity index (χ1v) is 8.45. The summed E-state index contributed by atoms with van der Waals surface area (Å²) in [4.78, 5) is 14.5. The van der Waals surface area contributed by atoms with Crippen LogP contribution in [0.25, 0.3) is 0 Å². The molecule has 1 aromatic rings. The Morgan fingerprint density at radius 3 is 2.77 bits per heavy atom. The molecule has 1 aromatic carbocycles. The number of rotatable bonds is 6. The van der Waals surface area contributed by atoms with Crippen LogP contribution in [0.5, 0.6) is 5.75 Å². The molecule has 22 heavy (non-hydrogen) atoms. The number of piperidine rings is 1. The van der Waals surface area contributed by atoms with Gasteiger partial charge in [-0.2, -0.15) is 0 Å². The number of nitrogens with zero attached hydrogens (tertiary/aromatic N) is 1. The van der Waals surface area contributed by atoms with Crippen molar-refractivity contribution in [3.63, 3.8) is 0 Å². The number of ether oxygens (including phenoxy) is 1. The molecule has 6 heteroatoms. The third-order valence-electron chi connectivity index (χ3n) is 3.78. The van der Waals surface area contributed by atoms with E-state index in [2.05, 4.69) is 12.2 Å². The second-order valence-corrected chi connectivity index (χ2v) is 6.28. The van der Waals surface area contributed by atoms with Gasteiger partial charge in [-0.25, -0.2) is 0 Å². The van der Waals surface area contributed by atoms with Gasteiger partial charge in [-0.1, -0.05) is 30.1 Å². The summed E-state index contributed by atoms with van der Waals surface area (Å²) in [6, 6.07) is 5.29. The number of carbonyl (C=O) groups excluding carboxylic acids is 1. The number of hydrogen-bond acceptors (Lipinski definition) is 3. The fraction of sp³-hybridized carbons (Fsp3) is 0.562. The summed E-state index contributed by atoms with van der Waals surface area (Å²) in [7, 11) is 0. The average Bonchev–Trinajstić information content (AvgIpc) is 2.54. The lowest BCUT2D eigenvalue weighted by atomic mass is 10.0. The highest BCUT2D eigenvalue weighted by Gasteiger charge is 2.25. The number of halogens is 2. The van der Waals surface area contributed by atoms with E-state index in [-0.39, 0.29) is 12.5 Å². The Labute approximate surface area is 141 Å². The Morgan fingerprint density at radius 2 is 2.09 bits per heavy atom. The van der Waals surface area contributed by atoms with Crippen molar-refractivity contribution in [1.82, 2.24) is 10.2 Å². The van der Waals surface area contributed by atoms with Crippen molar-refractivity contribution < 1.29 is 9.53 Å². The maximum Gasteiger partial charge on any atom is 0.260 e. The largest absolute Gasteiger partial charge is 0.482 e. The summed E-state index contributed by atoms with van der Waals surface area (Å²) in [5.41, 5.74) is 0. The van der Waals surface area contributed by atoms with E-state index in [1.807, 2.05) is 4.90 Å². The highest BCUT2D eigenvalue weighted by Crippen LogP contribution is 2.27. The van der Waals surface area contributed by atoms with Gasteiger partial charge in [0.2, 0.25) is 0 Å². The lowest BCUT2D eigenvalue weighted by molar-refractivity contribution is -0.136. The van der Waals surface area contributed by atoms with Crippen molar-refractivity contribution in [3.05, 3.63) is 28.2 Å². The van der Waals surface area contributed by atoms with Crippen LogP contribution in [0.4, 0.5) is 0 Å². The first kappa shape index (κ1) is 17.4. The van der Waals surface area contributed by atoms with Gasteiger partial charge in [0.15, 0.2) is 6.61 Å². The van der Waals surface area contributed by atoms with Crippen molar-refractivity contribution in [2.24, 2.45) is 0 Å². The maximum atomic E-state index is 12.5. The molecule has 2 rings (SSSR count). The van der Waals surface area contributed by atoms with Gasteiger partial charge in [0.1, 0.15) is 5.75 Å². The summed E-state index contributed by atoms with van der Waals surface area (Å²) in [5, 5.41) is 4.32. The second-order valence-electron chi connectivity index (χ2n) is 5.43. The van der Waals surface area contributed by atoms with Crippen LogP contribution >= 0.6 is 23.2 Å². The monoisotopic (exact) mass is 344 g/mol. The standard InChI is InChI=1S/C16H22Cl2N2O2/c1-2-9-20(13-5-7-19-8-6-13)16(21)11-22-15-10-12(17)3-4-14(15)18/h3-4,10,13,19H,2,5-9,11H2,1H3. The van der Waals surface area contributed by atoms with Crippen LogP contribution in [-0.2, 0) is 4.79 Å². The van der Waals surface area contributed by atoms with E-state index in [0.29, 0.717) is 21.8 Å². The number of carbonyl (C=O) groups is 1. The normalized spacial score (nSPS) is 15.6. The quantitative estimate of drug-likeness (QED) is 0.860. The van der Waals surface area contributed by atoms with Crippen LogP contribution in [0.1, 0.15) is 26.2 Å². The highest BCUT2D eigenvalue weighted by atomic mass is 35.5. The molecule has 122 valence electrons. The molecule has 0 radical (unpaired) electrons. The Kier molecular flexibility index (Phi) is 6.80. The minimum absolute atomic E-state index is 0.00444. The number of hydrogen-bond donors (Lipinski definition) is 1. The molecule has 1 amide bonds. The average molecular weight is 345 g/mol. The molecule has 0 saturated carbocycles. The lowest BCUT2D eigenvalue weighted by Gasteiger charge is -2.34. The first-order valence-electron chi connectivity index (χ1n) is 7.70. The first-order chi connectivity index (χ1) is 10.6. The van der Waals surface area contributed by atoms with Crippen LogP contribution in [0.15, 0.2) is 18.2 Å². The van der Waals surface area contributed by atoms with Crippen LogP contribution < -0.4 is 10.1 Å². The summed E-state index contributed by atoms with van der Waals surface area (Å²) in [5.74, 6) is 0.453. The van der Waals surface area contributed by atoms with Crippen LogP contribution in [0.2, 0.25) is 10.0 Å². The SMILES string of the molecule is CCCN(C(=O)COc1cc(Cl)ccc1Cl)C1CCNCC1. The topological polar surface area (TPSA) is 41.6 Å². The van der Waals surface area contributed by atoms with E-state index in [1.165, 1.54) is 0 Å². The molecule has 1 aliphatic heterocycles. The molecule has 1 N–H and O–H groups in total. The molecule has 0 spiro atoms. The molecular weight excluding hydrogens is 323 g/mol. The lowest BCUT2D eigenvalue weighted by Crippen LogP contribution is -2.48. The van der Waals surface area contributed by atoms with Gasteiger partial charge < -0.3 is 15.0 Å². The second kappa shape index (κ2) is 8.61. The van der Waals surface area contributed by atoms with E-state index >= 15 is 0 Å². The zero-order valence-electron chi connectivity index (χ0n) is 12.8. The third-order valence-corrected chi connectivity index (χ3v) is 4.33. The fourth-order valence-electron chi connectivity index (χ4n) is 2.68. The molecule has 1 aliphatic rings. The van der Waals surface area contributed by atoms with E-state index in [0.717, 1.165) is 38.9 Å². The Morgan fingerprint density at radius 1 is 1.36 bits per heavy atom. The van der Waals surface area contributed by atoms with E-state index in [4.69, 9.17) is 27.9 Å². The summed E-state index contributed by atoms with van der Waals surface area (Å²) in [6.45, 7) is 4.74. The zero-order valence-corrected chi connectivity index (χ0v) is 14.3. The molecule has 0 aromatic heterocycles. The minimum Gasteiger partial charge on any atom is -0.482 e. The van der Waals surface area contributed by atoms with Crippen molar-refractivity contribution in [2.75, 3.05) is 26.2 Å². The van der Waals surface area contributed by atoms with Gasteiger partial charge in [0.25, 0.3) is 5.91 Å². The zero-order chi connectivity index (χ0) is 15.9. The van der Waals surface area contributed by atoms with Crippen molar-refractivity contribution in [3.8, 4) is 5.75 Å². The minimum atomic E-state index is -0.00993. The van der Waals surface area contributed by atoms with E-state index in [9.17, 15) is 4.79 Å². The van der Waals surface area contributed by atoms with Gasteiger partial charge in [-0.15, -0.1) is 0 Å². The van der Waals surface area contributed by atoms with Crippen LogP contribution in [0.3, 0.4) is 0 Å². The molecule has 1 fully saturated rings. The third kappa shape index (κ3) is 4.77. The summed E-state index contributed by atoms with van der Waals surface area (Å²) >= 11 is 12.0. The van der Waals surface area contributed by atoms with Gasteiger partial charge in [0, 0.05) is 23.7 Å². The number of nitrogens with one attached hydrogen (secondary N) is 1. The molecule has 1 heterocycles. The van der Waals surface area contributed by atoms with Crippen molar-refractivity contribution >= 4 is 29.1 Å². The predicted molar refractivity (Wildman–Crippen MR) is 89.9 cm³/mol. The molecule has 4 nitrogen and oxygen atoms in total. The fourth-order valence-corrected chi connectivity index (χ4v) is 3.01. The molecular formula is C16H22Cl2N2O2. The molecule has 1 saturated heterocycles. The Hall–Kier alpha value is -0.970. The number of amides is 1. The summed E-state index contributed by atoms with van der Waals surface area (Å²) in [6.07, 6.45) is 2.92. The van der Waals surface area contributed by atoms with Crippen molar-refractivity contribution in [1.29, 1.82) is 0 Å². The van der Waals surface area contributed by atoms with Crippen LogP contribution in [-0.4, -0.2) is 43.1 Å². The Balaban J connectivity index is 1.96. The van der Waals surface area contributed by atoms with Gasteiger partial charge in [-0.05, 0) is 44.5 Å². The Bertz CT molecular complexity index is 505. The molecule has 0 bridgehead atoms. The van der Waals surface area contributed by atoms with Gasteiger partial charge in [0.05, 0.1) is 5.02 Å². The van der Waals surface area contributed by atoms with Gasteiger partial charge in [-0.3, -0.25) is 4.79 Å². The number of benzene rings is 1. The van der Waals surface area contributed by atoms with Crippen molar-refractivity contribution in [2.45, 2.75) is 32.2 Å². The predicted octanol–water partition coefficient (Wildman–Crippen LogP) is 3.36. The summed E-state index contributed by atoms with van der Waals surface area (Å²) < 4.78 is 5.57.